The lowest BCUT2D eigenvalue weighted by molar-refractivity contribution is 0.112. The summed E-state index contributed by atoms with van der Waals surface area (Å²) < 4.78 is 0. The monoisotopic (exact) mass is 410 g/mol. The van der Waals surface area contributed by atoms with E-state index in [1.54, 1.807) is 12.2 Å². The lowest BCUT2D eigenvalue weighted by Crippen LogP contribution is -2.44. The predicted octanol–water partition coefficient (Wildman–Crippen LogP) is 6.27. The van der Waals surface area contributed by atoms with Crippen molar-refractivity contribution in [1.29, 1.82) is 0 Å². The lowest BCUT2D eigenvalue weighted by atomic mass is 9.53. The van der Waals surface area contributed by atoms with Crippen LogP contribution in [0.15, 0.2) is 82.4 Å². The van der Waals surface area contributed by atoms with Crippen molar-refractivity contribution in [2.24, 2.45) is 20.8 Å². The van der Waals surface area contributed by atoms with Gasteiger partial charge in [0.15, 0.2) is 0 Å². The van der Waals surface area contributed by atoms with Crippen LogP contribution in [0.4, 0.5) is 5.69 Å². The first-order chi connectivity index (χ1) is 14.8. The summed E-state index contributed by atoms with van der Waals surface area (Å²) in [5.41, 5.74) is 3.94. The van der Waals surface area contributed by atoms with Gasteiger partial charge in [-0.3, -0.25) is 0 Å². The summed E-state index contributed by atoms with van der Waals surface area (Å²) in [6, 6.07) is 16.4. The molecule has 0 saturated heterocycles. The summed E-state index contributed by atoms with van der Waals surface area (Å²) in [5.74, 6) is 0.0277. The van der Waals surface area contributed by atoms with E-state index in [1.807, 2.05) is 30.4 Å². The van der Waals surface area contributed by atoms with E-state index in [0.29, 0.717) is 5.69 Å². The van der Waals surface area contributed by atoms with Gasteiger partial charge in [-0.05, 0) is 40.7 Å². The van der Waals surface area contributed by atoms with Crippen LogP contribution < -0.4 is 0 Å². The lowest BCUT2D eigenvalue weighted by Gasteiger charge is -2.50. The molecule has 3 unspecified atom stereocenters. The van der Waals surface area contributed by atoms with Crippen molar-refractivity contribution in [1.82, 2.24) is 0 Å². The minimum absolute atomic E-state index is 0.0277. The first kappa shape index (κ1) is 20.9. The quantitative estimate of drug-likeness (QED) is 0.416. The van der Waals surface area contributed by atoms with E-state index in [2.05, 4.69) is 74.1 Å². The number of hydrogen-bond donors (Lipinski definition) is 0. The Morgan fingerprint density at radius 2 is 1.68 bits per heavy atom. The van der Waals surface area contributed by atoms with Gasteiger partial charge < -0.3 is 0 Å². The molecule has 4 nitrogen and oxygen atoms in total. The van der Waals surface area contributed by atoms with Gasteiger partial charge in [-0.25, -0.2) is 9.59 Å². The van der Waals surface area contributed by atoms with Gasteiger partial charge in [0.2, 0.25) is 12.2 Å². The molecule has 0 N–H and O–H groups in total. The molecule has 2 aromatic carbocycles. The van der Waals surface area contributed by atoms with Crippen molar-refractivity contribution >= 4 is 17.8 Å². The molecular weight excluding hydrogens is 384 g/mol. The molecule has 0 aromatic heterocycles. The Bertz CT molecular complexity index is 1180. The van der Waals surface area contributed by atoms with E-state index in [0.717, 1.165) is 17.7 Å². The number of allylic oxidation sites excluding steroid dienone is 4. The van der Waals surface area contributed by atoms with Crippen LogP contribution in [0.3, 0.4) is 0 Å². The molecule has 31 heavy (non-hydrogen) atoms. The van der Waals surface area contributed by atoms with Crippen LogP contribution >= 0.6 is 0 Å². The van der Waals surface area contributed by atoms with E-state index in [1.165, 1.54) is 11.1 Å². The minimum Gasteiger partial charge on any atom is -0.211 e. The number of carbonyl (C=O) groups excluding carboxylic acids is 2. The fraction of sp³-hybridized carbons (Fsp3) is 0.333. The van der Waals surface area contributed by atoms with Crippen LogP contribution in [-0.4, -0.2) is 12.2 Å². The zero-order valence-corrected chi connectivity index (χ0v) is 18.3. The normalized spacial score (nSPS) is 24.8. The maximum atomic E-state index is 11.3. The van der Waals surface area contributed by atoms with Gasteiger partial charge in [-0.1, -0.05) is 82.3 Å². The van der Waals surface area contributed by atoms with Gasteiger partial charge in [0.05, 0.1) is 11.4 Å². The number of hydrogen-bond acceptors (Lipinski definition) is 4. The van der Waals surface area contributed by atoms with E-state index in [9.17, 15) is 9.59 Å². The van der Waals surface area contributed by atoms with Crippen molar-refractivity contribution in [2.45, 2.75) is 45.4 Å². The summed E-state index contributed by atoms with van der Waals surface area (Å²) in [6.45, 7) is 8.95. The van der Waals surface area contributed by atoms with E-state index >= 15 is 0 Å². The average Bonchev–Trinajstić information content (AvgIpc) is 3.39. The zero-order valence-electron chi connectivity index (χ0n) is 18.3. The molecule has 4 heteroatoms. The molecule has 2 aliphatic carbocycles. The van der Waals surface area contributed by atoms with Crippen molar-refractivity contribution in [3.8, 4) is 0 Å². The number of fused-ring (bicyclic) bond motifs is 1. The molecule has 0 fully saturated rings. The number of aliphatic imine (C=N–C) groups is 2. The topological polar surface area (TPSA) is 58.9 Å². The van der Waals surface area contributed by atoms with E-state index < -0.39 is 5.41 Å². The number of rotatable bonds is 6. The Kier molecular flexibility index (Phi) is 5.01. The second-order valence-electron chi connectivity index (χ2n) is 9.40. The second kappa shape index (κ2) is 7.42. The molecule has 0 bridgehead atoms. The molecule has 0 amide bonds. The highest BCUT2D eigenvalue weighted by atomic mass is 16.1. The maximum Gasteiger partial charge on any atom is 0.240 e. The Morgan fingerprint density at radius 3 is 2.35 bits per heavy atom. The van der Waals surface area contributed by atoms with Crippen molar-refractivity contribution in [2.75, 3.05) is 0 Å². The fourth-order valence-electron chi connectivity index (χ4n) is 5.94. The molecule has 0 heterocycles. The third-order valence-corrected chi connectivity index (χ3v) is 7.65. The molecule has 156 valence electrons. The van der Waals surface area contributed by atoms with Crippen LogP contribution in [0.2, 0.25) is 0 Å². The molecule has 0 spiro atoms. The zero-order chi connectivity index (χ0) is 22.3. The summed E-state index contributed by atoms with van der Waals surface area (Å²) in [5, 5.41) is 0. The van der Waals surface area contributed by atoms with E-state index in [4.69, 9.17) is 0 Å². The highest BCUT2D eigenvalue weighted by molar-refractivity contribution is 5.74. The predicted molar refractivity (Wildman–Crippen MR) is 122 cm³/mol. The summed E-state index contributed by atoms with van der Waals surface area (Å²) in [7, 11) is 0. The summed E-state index contributed by atoms with van der Waals surface area (Å²) in [6.07, 6.45) is 10.2. The molecule has 3 atom stereocenters. The smallest absolute Gasteiger partial charge is 0.211 e. The third-order valence-electron chi connectivity index (χ3n) is 7.65. The Morgan fingerprint density at radius 1 is 0.968 bits per heavy atom. The average molecular weight is 411 g/mol. The minimum atomic E-state index is -0.408. The maximum absolute atomic E-state index is 11.3. The standard InChI is InChI=1S/C27H26N2O2/c1-25(2,27(4)20-13-10-14-21(23(20)27)28-17-30)24(19-11-6-5-7-12-19)26(3)16-9-8-15-22(26)29-18-31/h5-15,24H,16H2,1-4H3. The number of benzene rings is 2. The summed E-state index contributed by atoms with van der Waals surface area (Å²) >= 11 is 0. The van der Waals surface area contributed by atoms with Crippen molar-refractivity contribution < 1.29 is 9.59 Å². The summed E-state index contributed by atoms with van der Waals surface area (Å²) in [4.78, 5) is 30.4. The van der Waals surface area contributed by atoms with Crippen LogP contribution in [0.5, 0.6) is 0 Å². The second-order valence-corrected chi connectivity index (χ2v) is 9.40. The first-order valence-electron chi connectivity index (χ1n) is 10.5. The first-order valence-corrected chi connectivity index (χ1v) is 10.5. The largest absolute Gasteiger partial charge is 0.240 e. The molecule has 4 rings (SSSR count). The van der Waals surface area contributed by atoms with Crippen LogP contribution in [0.25, 0.3) is 0 Å². The van der Waals surface area contributed by atoms with Crippen LogP contribution in [0.1, 0.15) is 56.7 Å². The van der Waals surface area contributed by atoms with Gasteiger partial charge in [-0.15, -0.1) is 0 Å². The Hall–Kier alpha value is -3.32. The molecular formula is C27H26N2O2. The number of nitrogens with zero attached hydrogens (tertiary/aromatic N) is 2. The van der Waals surface area contributed by atoms with Crippen molar-refractivity contribution in [3.05, 3.63) is 89.1 Å². The molecule has 0 radical (unpaired) electrons. The van der Waals surface area contributed by atoms with Crippen LogP contribution in [0, 0.1) is 10.8 Å². The molecule has 2 aliphatic rings. The number of isocyanates is 2. The van der Waals surface area contributed by atoms with Gasteiger partial charge >= 0.3 is 0 Å². The highest BCUT2D eigenvalue weighted by Gasteiger charge is 2.63. The van der Waals surface area contributed by atoms with Gasteiger partial charge in [0.25, 0.3) is 0 Å². The SMILES string of the molecule is CC1(C(c2ccccc2)C(C)(C)C2(C)c3cccc(N=C=O)c32)CC=CC=C1N=C=O. The van der Waals surface area contributed by atoms with E-state index in [-0.39, 0.29) is 16.7 Å². The fourth-order valence-corrected chi connectivity index (χ4v) is 5.94. The molecule has 0 aliphatic heterocycles. The van der Waals surface area contributed by atoms with Gasteiger partial charge in [0.1, 0.15) is 0 Å². The molecule has 2 aromatic rings. The van der Waals surface area contributed by atoms with Gasteiger partial charge in [0, 0.05) is 16.7 Å². The Balaban J connectivity index is 1.92. The molecule has 0 saturated carbocycles. The van der Waals surface area contributed by atoms with Crippen LogP contribution in [-0.2, 0) is 15.0 Å². The van der Waals surface area contributed by atoms with Gasteiger partial charge in [-0.2, -0.15) is 9.98 Å². The highest BCUT2D eigenvalue weighted by Crippen LogP contribution is 2.70. The van der Waals surface area contributed by atoms with Crippen molar-refractivity contribution in [3.63, 3.8) is 0 Å². The third kappa shape index (κ3) is 2.99. The Labute approximate surface area is 183 Å².